The quantitative estimate of drug-likeness (QED) is 0.155. The molecule has 6 heteroatoms. The fourth-order valence-electron chi connectivity index (χ4n) is 14.9. The lowest BCUT2D eigenvalue weighted by atomic mass is 9.31. The normalized spacial score (nSPS) is 12.9. The Kier molecular flexibility index (Phi) is 9.48. The number of hydrogen-bond donors (Lipinski definition) is 0. The molecule has 4 aliphatic rings. The lowest BCUT2D eigenvalue weighted by Gasteiger charge is -2.41. The molecule has 0 spiro atoms. The summed E-state index contributed by atoms with van der Waals surface area (Å²) >= 11 is 0. The van der Waals surface area contributed by atoms with Gasteiger partial charge in [0.25, 0.3) is 13.4 Å². The average Bonchev–Trinajstić information content (AvgIpc) is 1.32. The third-order valence-electron chi connectivity index (χ3n) is 18.6. The summed E-state index contributed by atoms with van der Waals surface area (Å²) in [5.74, 6) is 3.43. The third kappa shape index (κ3) is 6.45. The minimum Gasteiger partial charge on any atom is -0.456 e. The first-order valence-electron chi connectivity index (χ1n) is 29.1. The zero-order valence-electron chi connectivity index (χ0n) is 45.4. The van der Waals surface area contributed by atoms with Crippen LogP contribution in [0.25, 0.3) is 122 Å². The molecule has 13 aromatic carbocycles. The molecular formula is C78H46B2N2O2. The van der Waals surface area contributed by atoms with Crippen LogP contribution in [0.4, 0.5) is 0 Å². The Morgan fingerprint density at radius 1 is 0.238 bits per heavy atom. The Labute approximate surface area is 485 Å². The van der Waals surface area contributed by atoms with Gasteiger partial charge in [-0.05, 0) is 137 Å². The fraction of sp³-hybridized carbons (Fsp3) is 0. The number of ether oxygens (including phenoxy) is 2. The number of nitrogens with zero attached hydrogens (tertiary/aromatic N) is 2. The highest BCUT2D eigenvalue weighted by molar-refractivity contribution is 7.02. The Bertz CT molecular complexity index is 4960. The average molecular weight is 1060 g/mol. The molecule has 0 aliphatic carbocycles. The second-order valence-corrected chi connectivity index (χ2v) is 23.0. The van der Waals surface area contributed by atoms with Gasteiger partial charge in [0.05, 0.1) is 22.4 Å². The van der Waals surface area contributed by atoms with Gasteiger partial charge in [0.15, 0.2) is 0 Å². The molecule has 0 unspecified atom stereocenters. The molecular weight excluding hydrogens is 1020 g/mol. The van der Waals surface area contributed by atoms with Gasteiger partial charge in [-0.2, -0.15) is 0 Å². The second kappa shape index (κ2) is 17.4. The van der Waals surface area contributed by atoms with Crippen LogP contribution in [0, 0.1) is 0 Å². The molecule has 0 N–H and O–H groups in total. The molecule has 0 saturated carbocycles. The minimum absolute atomic E-state index is 0.256. The smallest absolute Gasteiger partial charge is 0.256 e. The van der Waals surface area contributed by atoms with E-state index in [0.29, 0.717) is 0 Å². The summed E-state index contributed by atoms with van der Waals surface area (Å²) in [5.41, 5.74) is 27.6. The van der Waals surface area contributed by atoms with Crippen molar-refractivity contribution in [2.24, 2.45) is 0 Å². The van der Waals surface area contributed by atoms with E-state index >= 15 is 0 Å². The van der Waals surface area contributed by atoms with Crippen molar-refractivity contribution in [3.8, 4) is 101 Å². The van der Waals surface area contributed by atoms with E-state index in [2.05, 4.69) is 288 Å². The maximum absolute atomic E-state index is 7.92. The van der Waals surface area contributed by atoms with Gasteiger partial charge in [-0.15, -0.1) is 0 Å². The Morgan fingerprint density at radius 2 is 0.524 bits per heavy atom. The monoisotopic (exact) mass is 1060 g/mol. The van der Waals surface area contributed by atoms with E-state index in [0.717, 1.165) is 89.5 Å². The maximum Gasteiger partial charge on any atom is 0.256 e. The lowest BCUT2D eigenvalue weighted by Crippen LogP contribution is -2.63. The van der Waals surface area contributed by atoms with E-state index in [1.54, 1.807) is 0 Å². The van der Waals surface area contributed by atoms with Gasteiger partial charge in [0.1, 0.15) is 23.0 Å². The first-order chi connectivity index (χ1) is 41.7. The molecule has 0 bridgehead atoms. The molecule has 0 atom stereocenters. The minimum atomic E-state index is -0.256. The van der Waals surface area contributed by atoms with Crippen LogP contribution in [0.3, 0.4) is 0 Å². The van der Waals surface area contributed by atoms with Gasteiger partial charge in [0.2, 0.25) is 0 Å². The topological polar surface area (TPSA) is 28.3 Å². The molecule has 0 fully saturated rings. The maximum atomic E-state index is 7.92. The summed E-state index contributed by atoms with van der Waals surface area (Å²) < 4.78 is 21.0. The SMILES string of the molecule is c1ccc(-c2ccc3c(c2)B2c4c(c5c6c(c4-n4c7ccc(-c8ccccc8)cc7c7cc(-c8ccccc8)cc2c74)Oc2ccc(-c4ccccc4)cc2B6c2cc(-c4ccccc4)cc4c6cc(-c7ccccc7)ccc6n-5c24)O3)cc1. The summed E-state index contributed by atoms with van der Waals surface area (Å²) in [6.07, 6.45) is 0. The molecule has 4 aliphatic heterocycles. The molecule has 19 rings (SSSR count). The van der Waals surface area contributed by atoms with Crippen molar-refractivity contribution < 1.29 is 9.47 Å². The Morgan fingerprint density at radius 3 is 0.869 bits per heavy atom. The molecule has 2 aromatic heterocycles. The number of hydrogen-bond acceptors (Lipinski definition) is 2. The van der Waals surface area contributed by atoms with Crippen molar-refractivity contribution in [3.05, 3.63) is 279 Å². The van der Waals surface area contributed by atoms with Gasteiger partial charge in [-0.3, -0.25) is 0 Å². The first-order valence-corrected chi connectivity index (χ1v) is 29.1. The van der Waals surface area contributed by atoms with Crippen LogP contribution in [0.5, 0.6) is 23.0 Å². The third-order valence-corrected chi connectivity index (χ3v) is 18.6. The van der Waals surface area contributed by atoms with Gasteiger partial charge < -0.3 is 18.6 Å². The summed E-state index contributed by atoms with van der Waals surface area (Å²) in [6, 6.07) is 103. The van der Waals surface area contributed by atoms with E-state index in [4.69, 9.17) is 9.47 Å². The van der Waals surface area contributed by atoms with Crippen molar-refractivity contribution in [2.45, 2.75) is 0 Å². The first kappa shape index (κ1) is 45.9. The van der Waals surface area contributed by atoms with Gasteiger partial charge in [0, 0.05) is 43.5 Å². The van der Waals surface area contributed by atoms with Gasteiger partial charge in [-0.1, -0.05) is 231 Å². The summed E-state index contributed by atoms with van der Waals surface area (Å²) in [7, 11) is 0. The number of fused-ring (bicyclic) bond motifs is 16. The molecule has 4 nitrogen and oxygen atoms in total. The van der Waals surface area contributed by atoms with Crippen molar-refractivity contribution in [3.63, 3.8) is 0 Å². The number of aromatic nitrogens is 2. The highest BCUT2D eigenvalue weighted by Crippen LogP contribution is 2.50. The van der Waals surface area contributed by atoms with Gasteiger partial charge in [-0.25, -0.2) is 0 Å². The highest BCUT2D eigenvalue weighted by atomic mass is 16.5. The zero-order chi connectivity index (χ0) is 54.7. The highest BCUT2D eigenvalue weighted by Gasteiger charge is 2.51. The summed E-state index contributed by atoms with van der Waals surface area (Å²) in [4.78, 5) is 0. The van der Waals surface area contributed by atoms with Crippen molar-refractivity contribution >= 4 is 89.8 Å². The van der Waals surface area contributed by atoms with Crippen molar-refractivity contribution in [1.82, 2.24) is 9.13 Å². The second-order valence-electron chi connectivity index (χ2n) is 23.0. The predicted molar refractivity (Wildman–Crippen MR) is 350 cm³/mol. The fourth-order valence-corrected chi connectivity index (χ4v) is 14.9. The van der Waals surface area contributed by atoms with E-state index in [-0.39, 0.29) is 13.4 Å². The standard InChI is InChI=1S/C78H46B2N2O2/c1-7-19-47(20-8-1)53-31-35-67-59(39-53)61-41-57(51-27-15-5-16-28-51)45-65-73(61)81(67)75-71-78(84-69-37-33-55(43-63(69)79(65)71)49-23-11-3-12-24-49)76-72-77(75)83-70-38-34-56(50-25-13-4-14-26-50)44-64(70)80(72)66-46-58(52-29-17-6-18-30-52)42-62-60-40-54(48-21-9-2-10-22-48)32-36-68(60)82(76)74(62)66/h1-46H. The van der Waals surface area contributed by atoms with Crippen LogP contribution in [-0.2, 0) is 0 Å². The molecule has 15 aromatic rings. The molecule has 0 amide bonds. The summed E-state index contributed by atoms with van der Waals surface area (Å²) in [6.45, 7) is -0.512. The Hall–Kier alpha value is -10.8. The van der Waals surface area contributed by atoms with Crippen LogP contribution in [-0.4, -0.2) is 22.6 Å². The van der Waals surface area contributed by atoms with Crippen LogP contribution in [0.1, 0.15) is 0 Å². The van der Waals surface area contributed by atoms with Crippen LogP contribution in [0.2, 0.25) is 0 Å². The predicted octanol–water partition coefficient (Wildman–Crippen LogP) is 15.8. The largest absolute Gasteiger partial charge is 0.456 e. The number of rotatable bonds is 6. The van der Waals surface area contributed by atoms with Gasteiger partial charge >= 0.3 is 0 Å². The molecule has 6 heterocycles. The molecule has 0 radical (unpaired) electrons. The van der Waals surface area contributed by atoms with Crippen LogP contribution < -0.4 is 42.3 Å². The molecule has 386 valence electrons. The Balaban J connectivity index is 1.00. The molecule has 0 saturated heterocycles. The van der Waals surface area contributed by atoms with E-state index < -0.39 is 0 Å². The van der Waals surface area contributed by atoms with E-state index in [1.165, 1.54) is 88.0 Å². The lowest BCUT2D eigenvalue weighted by molar-refractivity contribution is 0.472. The van der Waals surface area contributed by atoms with Crippen molar-refractivity contribution in [2.75, 3.05) is 0 Å². The zero-order valence-corrected chi connectivity index (χ0v) is 45.4. The van der Waals surface area contributed by atoms with E-state index in [9.17, 15) is 0 Å². The summed E-state index contributed by atoms with van der Waals surface area (Å²) in [5, 5.41) is 4.78. The van der Waals surface area contributed by atoms with Crippen molar-refractivity contribution in [1.29, 1.82) is 0 Å². The molecule has 84 heavy (non-hydrogen) atoms. The van der Waals surface area contributed by atoms with Crippen LogP contribution >= 0.6 is 0 Å². The van der Waals surface area contributed by atoms with Crippen LogP contribution in [0.15, 0.2) is 279 Å². The van der Waals surface area contributed by atoms with E-state index in [1.807, 2.05) is 0 Å². The number of benzene rings is 13.